The Balaban J connectivity index is 1.36. The Morgan fingerprint density at radius 2 is 1.88 bits per heavy atom. The van der Waals surface area contributed by atoms with Crippen LogP contribution in [0.2, 0.25) is 0 Å². The van der Waals surface area contributed by atoms with Gasteiger partial charge in [-0.2, -0.15) is 0 Å². The number of carbonyl (C=O) groups excluding carboxylic acids is 3. The van der Waals surface area contributed by atoms with Crippen molar-refractivity contribution in [2.45, 2.75) is 45.4 Å². The van der Waals surface area contributed by atoms with Gasteiger partial charge in [0.1, 0.15) is 0 Å². The maximum Gasteiger partial charge on any atom is 0.312 e. The molecule has 0 saturated heterocycles. The molecule has 1 aromatic carbocycles. The Morgan fingerprint density at radius 3 is 2.62 bits per heavy atom. The molecular formula is C24H26N2O4S2. The van der Waals surface area contributed by atoms with Crippen LogP contribution < -0.4 is 5.32 Å². The highest BCUT2D eigenvalue weighted by molar-refractivity contribution is 7.18. The van der Waals surface area contributed by atoms with Crippen molar-refractivity contribution in [1.82, 2.24) is 10.3 Å². The summed E-state index contributed by atoms with van der Waals surface area (Å²) in [5.41, 5.74) is 0.365. The van der Waals surface area contributed by atoms with E-state index in [2.05, 4.69) is 5.32 Å². The highest BCUT2D eigenvalue weighted by atomic mass is 32.1. The standard InChI is InChI=1S/C24H26N2O4S2/c1-16(27)25-13-10-17-8-9-21(31-17)19(28)15-30-23(29)24(11-4-5-12-24)14-22-26-18-6-2-3-7-20(18)32-22/h2-3,6-9H,4-5,10-15H2,1H3,(H,25,27). The van der Waals surface area contributed by atoms with Crippen LogP contribution in [-0.4, -0.2) is 35.8 Å². The first kappa shape index (κ1) is 22.6. The Morgan fingerprint density at radius 1 is 1.09 bits per heavy atom. The second-order valence-electron chi connectivity index (χ2n) is 8.24. The van der Waals surface area contributed by atoms with E-state index >= 15 is 0 Å². The number of fused-ring (bicyclic) bond motifs is 1. The van der Waals surface area contributed by atoms with Gasteiger partial charge in [-0.15, -0.1) is 22.7 Å². The Bertz CT molecular complexity index is 1090. The summed E-state index contributed by atoms with van der Waals surface area (Å²) in [6.45, 7) is 1.77. The number of benzene rings is 1. The van der Waals surface area contributed by atoms with Crippen LogP contribution in [-0.2, 0) is 27.2 Å². The fourth-order valence-electron chi connectivity index (χ4n) is 4.17. The third-order valence-corrected chi connectivity index (χ3v) is 8.06. The van der Waals surface area contributed by atoms with Crippen molar-refractivity contribution in [2.24, 2.45) is 5.41 Å². The smallest absolute Gasteiger partial charge is 0.312 e. The van der Waals surface area contributed by atoms with Crippen LogP contribution in [0.5, 0.6) is 0 Å². The number of aromatic nitrogens is 1. The maximum absolute atomic E-state index is 13.1. The maximum atomic E-state index is 13.1. The van der Waals surface area contributed by atoms with Gasteiger partial charge in [0, 0.05) is 24.8 Å². The van der Waals surface area contributed by atoms with E-state index in [4.69, 9.17) is 9.72 Å². The van der Waals surface area contributed by atoms with E-state index in [1.807, 2.05) is 30.3 Å². The minimum atomic E-state index is -0.590. The number of thiazole rings is 1. The fraction of sp³-hybridized carbons (Fsp3) is 0.417. The lowest BCUT2D eigenvalue weighted by atomic mass is 9.83. The molecule has 0 atom stereocenters. The topological polar surface area (TPSA) is 85.4 Å². The van der Waals surface area contributed by atoms with Crippen LogP contribution in [0.15, 0.2) is 36.4 Å². The minimum absolute atomic E-state index is 0.0727. The third-order valence-electron chi connectivity index (χ3n) is 5.84. The number of thiophene rings is 1. The first-order valence-electron chi connectivity index (χ1n) is 10.8. The molecule has 0 bridgehead atoms. The number of nitrogens with zero attached hydrogens (tertiary/aromatic N) is 1. The van der Waals surface area contributed by atoms with Crippen LogP contribution >= 0.6 is 22.7 Å². The van der Waals surface area contributed by atoms with Crippen LogP contribution in [0.4, 0.5) is 0 Å². The summed E-state index contributed by atoms with van der Waals surface area (Å²) in [5, 5.41) is 3.69. The number of ether oxygens (including phenoxy) is 1. The normalized spacial score (nSPS) is 15.0. The average molecular weight is 471 g/mol. The summed E-state index contributed by atoms with van der Waals surface area (Å²) in [5.74, 6) is -0.552. The van der Waals surface area contributed by atoms with Crippen molar-refractivity contribution < 1.29 is 19.1 Å². The largest absolute Gasteiger partial charge is 0.457 e. The molecule has 168 valence electrons. The van der Waals surface area contributed by atoms with E-state index in [1.54, 1.807) is 17.4 Å². The molecule has 4 rings (SSSR count). The second kappa shape index (κ2) is 9.92. The van der Waals surface area contributed by atoms with Gasteiger partial charge in [0.2, 0.25) is 11.7 Å². The Labute approximate surface area is 195 Å². The number of ketones is 1. The molecule has 1 aliphatic rings. The molecule has 1 N–H and O–H groups in total. The van der Waals surface area contributed by atoms with E-state index in [-0.39, 0.29) is 24.3 Å². The summed E-state index contributed by atoms with van der Waals surface area (Å²) in [6, 6.07) is 11.6. The molecule has 8 heteroatoms. The molecule has 1 saturated carbocycles. The molecule has 1 fully saturated rings. The third kappa shape index (κ3) is 5.24. The molecule has 0 spiro atoms. The van der Waals surface area contributed by atoms with E-state index in [1.165, 1.54) is 18.3 Å². The average Bonchev–Trinajstić information content (AvgIpc) is 3.51. The molecular weight excluding hydrogens is 444 g/mol. The fourth-order valence-corrected chi connectivity index (χ4v) is 6.21. The quantitative estimate of drug-likeness (QED) is 0.366. The second-order valence-corrected chi connectivity index (χ2v) is 10.5. The van der Waals surface area contributed by atoms with E-state index in [9.17, 15) is 14.4 Å². The van der Waals surface area contributed by atoms with Gasteiger partial charge in [-0.25, -0.2) is 4.98 Å². The molecule has 2 aromatic heterocycles. The number of Topliss-reactive ketones (excluding diaryl/α,β-unsaturated/α-hetero) is 1. The van der Waals surface area contributed by atoms with Gasteiger partial charge in [-0.05, 0) is 43.5 Å². The molecule has 1 amide bonds. The van der Waals surface area contributed by atoms with E-state index in [0.717, 1.165) is 45.8 Å². The monoisotopic (exact) mass is 470 g/mol. The molecule has 3 aromatic rings. The number of amides is 1. The molecule has 0 unspecified atom stereocenters. The number of rotatable bonds is 9. The lowest BCUT2D eigenvalue weighted by Gasteiger charge is -2.25. The number of hydrogen-bond donors (Lipinski definition) is 1. The number of nitrogens with one attached hydrogen (secondary N) is 1. The molecule has 1 aliphatic carbocycles. The summed E-state index contributed by atoms with van der Waals surface area (Å²) in [4.78, 5) is 43.0. The van der Waals surface area contributed by atoms with Crippen molar-refractivity contribution in [2.75, 3.05) is 13.2 Å². The Hall–Kier alpha value is -2.58. The van der Waals surface area contributed by atoms with E-state index < -0.39 is 5.41 Å². The van der Waals surface area contributed by atoms with Gasteiger partial charge in [-0.1, -0.05) is 25.0 Å². The molecule has 0 radical (unpaired) electrons. The number of esters is 1. The molecule has 0 aliphatic heterocycles. The summed E-state index contributed by atoms with van der Waals surface area (Å²) in [6.07, 6.45) is 4.73. The van der Waals surface area contributed by atoms with Gasteiger partial charge in [0.25, 0.3) is 0 Å². The zero-order valence-corrected chi connectivity index (χ0v) is 19.7. The molecule has 6 nitrogen and oxygen atoms in total. The zero-order chi connectivity index (χ0) is 22.6. The van der Waals surface area contributed by atoms with Gasteiger partial charge in [0.05, 0.1) is 25.5 Å². The number of hydrogen-bond acceptors (Lipinski definition) is 7. The highest BCUT2D eigenvalue weighted by Crippen LogP contribution is 2.43. The predicted octanol–water partition coefficient (Wildman–Crippen LogP) is 4.57. The molecule has 32 heavy (non-hydrogen) atoms. The minimum Gasteiger partial charge on any atom is -0.457 e. The Kier molecular flexibility index (Phi) is 7.01. The summed E-state index contributed by atoms with van der Waals surface area (Å²) < 4.78 is 6.67. The van der Waals surface area contributed by atoms with Crippen LogP contribution in [0.25, 0.3) is 10.2 Å². The van der Waals surface area contributed by atoms with Gasteiger partial charge in [0.15, 0.2) is 6.61 Å². The van der Waals surface area contributed by atoms with Gasteiger partial charge < -0.3 is 10.1 Å². The zero-order valence-electron chi connectivity index (χ0n) is 18.0. The van der Waals surface area contributed by atoms with Crippen molar-refractivity contribution in [3.63, 3.8) is 0 Å². The van der Waals surface area contributed by atoms with Gasteiger partial charge >= 0.3 is 5.97 Å². The van der Waals surface area contributed by atoms with Crippen LogP contribution in [0, 0.1) is 5.41 Å². The first-order chi connectivity index (χ1) is 15.4. The summed E-state index contributed by atoms with van der Waals surface area (Å²) in [7, 11) is 0. The van der Waals surface area contributed by atoms with Crippen molar-refractivity contribution in [3.8, 4) is 0 Å². The lowest BCUT2D eigenvalue weighted by molar-refractivity contribution is -0.154. The summed E-state index contributed by atoms with van der Waals surface area (Å²) >= 11 is 3.00. The van der Waals surface area contributed by atoms with Crippen LogP contribution in [0.3, 0.4) is 0 Å². The number of para-hydroxylation sites is 1. The highest BCUT2D eigenvalue weighted by Gasteiger charge is 2.43. The van der Waals surface area contributed by atoms with Crippen LogP contribution in [0.1, 0.15) is 52.2 Å². The molecule has 2 heterocycles. The van der Waals surface area contributed by atoms with Crippen molar-refractivity contribution in [3.05, 3.63) is 51.2 Å². The van der Waals surface area contributed by atoms with Crippen molar-refractivity contribution in [1.29, 1.82) is 0 Å². The lowest BCUT2D eigenvalue weighted by Crippen LogP contribution is -2.33. The van der Waals surface area contributed by atoms with E-state index in [0.29, 0.717) is 24.3 Å². The van der Waals surface area contributed by atoms with Gasteiger partial charge in [-0.3, -0.25) is 14.4 Å². The number of carbonyl (C=O) groups is 3. The SMILES string of the molecule is CC(=O)NCCc1ccc(C(=O)COC(=O)C2(Cc3nc4ccccc4s3)CCCC2)s1. The first-order valence-corrected chi connectivity index (χ1v) is 12.5. The van der Waals surface area contributed by atoms with Crippen molar-refractivity contribution >= 4 is 50.5 Å². The predicted molar refractivity (Wildman–Crippen MR) is 126 cm³/mol.